The predicted octanol–water partition coefficient (Wildman–Crippen LogP) is 6.10. The summed E-state index contributed by atoms with van der Waals surface area (Å²) in [7, 11) is 0. The zero-order valence-electron chi connectivity index (χ0n) is 16.1. The van der Waals surface area contributed by atoms with E-state index in [0.29, 0.717) is 36.7 Å². The summed E-state index contributed by atoms with van der Waals surface area (Å²) in [5.41, 5.74) is 0.534. The molecular formula is C19H10Cl4N6O2S2. The van der Waals surface area contributed by atoms with Gasteiger partial charge in [-0.1, -0.05) is 69.1 Å². The molecular weight excluding hydrogens is 550 g/mol. The van der Waals surface area contributed by atoms with E-state index in [1.807, 2.05) is 0 Å². The molecule has 168 valence electrons. The lowest BCUT2D eigenvalue weighted by Crippen LogP contribution is -2.12. The van der Waals surface area contributed by atoms with Crippen LogP contribution in [-0.2, 0) is 6.42 Å². The lowest BCUT2D eigenvalue weighted by Gasteiger charge is -2.03. The molecule has 0 radical (unpaired) electrons. The first-order chi connectivity index (χ1) is 15.8. The van der Waals surface area contributed by atoms with Gasteiger partial charge in [0.1, 0.15) is 10.0 Å². The van der Waals surface area contributed by atoms with Gasteiger partial charge in [0, 0.05) is 10.0 Å². The first kappa shape index (κ1) is 23.8. The SMILES string of the molecule is O=C(Nc1nnc(Cc2nnc(NC(=O)c3ccc(Cl)cc3Cl)s2)s1)c1ccc(Cl)cc1Cl. The zero-order valence-corrected chi connectivity index (χ0v) is 20.8. The molecule has 4 aromatic rings. The van der Waals surface area contributed by atoms with Crippen molar-refractivity contribution in [2.24, 2.45) is 0 Å². The van der Waals surface area contributed by atoms with Gasteiger partial charge >= 0.3 is 0 Å². The Morgan fingerprint density at radius 3 is 1.52 bits per heavy atom. The van der Waals surface area contributed by atoms with Crippen LogP contribution in [0.25, 0.3) is 0 Å². The van der Waals surface area contributed by atoms with E-state index >= 15 is 0 Å². The van der Waals surface area contributed by atoms with Crippen LogP contribution in [0.4, 0.5) is 10.3 Å². The number of carbonyl (C=O) groups excluding carboxylic acids is 2. The summed E-state index contributed by atoms with van der Waals surface area (Å²) >= 11 is 26.2. The molecule has 4 rings (SSSR count). The van der Waals surface area contributed by atoms with Crippen molar-refractivity contribution in [1.82, 2.24) is 20.4 Å². The fourth-order valence-corrected chi connectivity index (χ4v) is 5.11. The van der Waals surface area contributed by atoms with Crippen molar-refractivity contribution in [3.63, 3.8) is 0 Å². The molecule has 2 aromatic heterocycles. The van der Waals surface area contributed by atoms with Crippen molar-refractivity contribution in [1.29, 1.82) is 0 Å². The van der Waals surface area contributed by atoms with Crippen molar-refractivity contribution < 1.29 is 9.59 Å². The third-order valence-electron chi connectivity index (χ3n) is 4.03. The quantitative estimate of drug-likeness (QED) is 0.295. The minimum atomic E-state index is -0.429. The van der Waals surface area contributed by atoms with E-state index in [4.69, 9.17) is 46.4 Å². The second-order valence-corrected chi connectivity index (χ2v) is 10.1. The van der Waals surface area contributed by atoms with E-state index in [9.17, 15) is 9.59 Å². The lowest BCUT2D eigenvalue weighted by atomic mass is 10.2. The van der Waals surface area contributed by atoms with Gasteiger partial charge < -0.3 is 0 Å². The van der Waals surface area contributed by atoms with Gasteiger partial charge in [-0.05, 0) is 36.4 Å². The Morgan fingerprint density at radius 2 is 1.12 bits per heavy atom. The van der Waals surface area contributed by atoms with Crippen LogP contribution < -0.4 is 10.6 Å². The van der Waals surface area contributed by atoms with Gasteiger partial charge in [0.05, 0.1) is 27.6 Å². The highest BCUT2D eigenvalue weighted by atomic mass is 35.5. The Hall–Kier alpha value is -2.34. The van der Waals surface area contributed by atoms with Crippen molar-refractivity contribution in [3.05, 3.63) is 77.6 Å². The number of carbonyl (C=O) groups is 2. The number of nitrogens with one attached hydrogen (secondary N) is 2. The molecule has 0 unspecified atom stereocenters. The van der Waals surface area contributed by atoms with E-state index in [0.717, 1.165) is 0 Å². The second-order valence-electron chi connectivity index (χ2n) is 6.34. The van der Waals surface area contributed by atoms with Crippen LogP contribution in [0, 0.1) is 0 Å². The van der Waals surface area contributed by atoms with E-state index in [-0.39, 0.29) is 21.2 Å². The van der Waals surface area contributed by atoms with E-state index < -0.39 is 11.8 Å². The van der Waals surface area contributed by atoms with Gasteiger partial charge in [0.2, 0.25) is 10.3 Å². The molecule has 14 heteroatoms. The Labute approximate surface area is 214 Å². The fourth-order valence-electron chi connectivity index (χ4n) is 2.56. The van der Waals surface area contributed by atoms with Gasteiger partial charge in [-0.2, -0.15) is 0 Å². The Kier molecular flexibility index (Phi) is 7.42. The van der Waals surface area contributed by atoms with Crippen LogP contribution in [0.2, 0.25) is 20.1 Å². The van der Waals surface area contributed by atoms with Gasteiger partial charge in [-0.3, -0.25) is 20.2 Å². The number of amides is 2. The van der Waals surface area contributed by atoms with Gasteiger partial charge in [0.15, 0.2) is 0 Å². The van der Waals surface area contributed by atoms with Crippen molar-refractivity contribution in [3.8, 4) is 0 Å². The molecule has 2 aromatic carbocycles. The summed E-state index contributed by atoms with van der Waals surface area (Å²) in [6.45, 7) is 0. The van der Waals surface area contributed by atoms with Crippen molar-refractivity contribution >= 4 is 91.2 Å². The van der Waals surface area contributed by atoms with Crippen LogP contribution in [-0.4, -0.2) is 32.2 Å². The number of aromatic nitrogens is 4. The average Bonchev–Trinajstić information content (AvgIpc) is 3.37. The molecule has 0 atom stereocenters. The summed E-state index contributed by atoms with van der Waals surface area (Å²) in [5, 5.41) is 24.5. The van der Waals surface area contributed by atoms with Crippen LogP contribution in [0.3, 0.4) is 0 Å². The fraction of sp³-hybridized carbons (Fsp3) is 0.0526. The summed E-state index contributed by atoms with van der Waals surface area (Å²) in [5.74, 6) is -0.859. The third kappa shape index (κ3) is 5.97. The molecule has 2 amide bonds. The standard InChI is InChI=1S/C19H10Cl4N6O2S2/c20-8-1-3-10(12(22)5-8)16(30)24-18-28-26-14(32-18)7-15-27-29-19(33-15)25-17(31)11-4-2-9(21)6-13(11)23/h1-6H,7H2,(H,24,28,30)(H,25,29,31). The maximum Gasteiger partial charge on any atom is 0.259 e. The van der Waals surface area contributed by atoms with Crippen LogP contribution in [0.1, 0.15) is 30.7 Å². The first-order valence-electron chi connectivity index (χ1n) is 8.96. The normalized spacial score (nSPS) is 10.8. The number of nitrogens with zero attached hydrogens (tertiary/aromatic N) is 4. The molecule has 0 fully saturated rings. The lowest BCUT2D eigenvalue weighted by molar-refractivity contribution is 0.101. The molecule has 0 bridgehead atoms. The molecule has 0 aliphatic heterocycles. The third-order valence-corrected chi connectivity index (χ3v) is 6.80. The molecule has 0 aliphatic carbocycles. The molecule has 8 nitrogen and oxygen atoms in total. The monoisotopic (exact) mass is 558 g/mol. The summed E-state index contributed by atoms with van der Waals surface area (Å²) < 4.78 is 0. The zero-order chi connectivity index (χ0) is 23.5. The van der Waals surface area contributed by atoms with Crippen LogP contribution in [0.5, 0.6) is 0 Å². The Bertz CT molecular complexity index is 1260. The number of hydrogen-bond donors (Lipinski definition) is 2. The maximum absolute atomic E-state index is 12.4. The van der Waals surface area contributed by atoms with Crippen LogP contribution >= 0.6 is 69.1 Å². The number of halogens is 4. The molecule has 0 aliphatic rings. The number of rotatable bonds is 6. The van der Waals surface area contributed by atoms with Crippen molar-refractivity contribution in [2.75, 3.05) is 10.6 Å². The van der Waals surface area contributed by atoms with E-state index in [1.54, 1.807) is 12.1 Å². The maximum atomic E-state index is 12.4. The van der Waals surface area contributed by atoms with Crippen LogP contribution in [0.15, 0.2) is 36.4 Å². The molecule has 0 saturated carbocycles. The number of benzene rings is 2. The smallest absolute Gasteiger partial charge is 0.259 e. The Morgan fingerprint density at radius 1 is 0.697 bits per heavy atom. The van der Waals surface area contributed by atoms with E-state index in [2.05, 4.69) is 31.0 Å². The molecule has 0 saturated heterocycles. The van der Waals surface area contributed by atoms with Gasteiger partial charge in [-0.15, -0.1) is 20.4 Å². The largest absolute Gasteiger partial charge is 0.296 e. The highest BCUT2D eigenvalue weighted by Gasteiger charge is 2.17. The topological polar surface area (TPSA) is 110 Å². The summed E-state index contributed by atoms with van der Waals surface area (Å²) in [6.07, 6.45) is 0.324. The highest BCUT2D eigenvalue weighted by Crippen LogP contribution is 2.26. The van der Waals surface area contributed by atoms with E-state index in [1.165, 1.54) is 46.9 Å². The summed E-state index contributed by atoms with van der Waals surface area (Å²) in [4.78, 5) is 24.8. The number of anilines is 2. The predicted molar refractivity (Wildman–Crippen MR) is 131 cm³/mol. The number of hydrogen-bond acceptors (Lipinski definition) is 8. The highest BCUT2D eigenvalue weighted by molar-refractivity contribution is 7.16. The summed E-state index contributed by atoms with van der Waals surface area (Å²) in [6, 6.07) is 9.15. The minimum Gasteiger partial charge on any atom is -0.296 e. The molecule has 33 heavy (non-hydrogen) atoms. The minimum absolute atomic E-state index is 0.230. The Balaban J connectivity index is 1.38. The van der Waals surface area contributed by atoms with Gasteiger partial charge in [-0.25, -0.2) is 0 Å². The molecule has 2 N–H and O–H groups in total. The average molecular weight is 560 g/mol. The van der Waals surface area contributed by atoms with Crippen molar-refractivity contribution in [2.45, 2.75) is 6.42 Å². The second kappa shape index (κ2) is 10.3. The van der Waals surface area contributed by atoms with Gasteiger partial charge in [0.25, 0.3) is 11.8 Å². The molecule has 0 spiro atoms. The molecule has 2 heterocycles. The first-order valence-corrected chi connectivity index (χ1v) is 12.1.